The van der Waals surface area contributed by atoms with Crippen LogP contribution >= 0.6 is 0 Å². The normalized spacial score (nSPS) is 13.9. The molecule has 0 aliphatic carbocycles. The maximum absolute atomic E-state index is 14.8. The van der Waals surface area contributed by atoms with E-state index in [1.807, 2.05) is 0 Å². The summed E-state index contributed by atoms with van der Waals surface area (Å²) in [5.41, 5.74) is -2.74. The molecule has 0 spiro atoms. The number of esters is 1. The van der Waals surface area contributed by atoms with Crippen molar-refractivity contribution >= 4 is 32.5 Å². The summed E-state index contributed by atoms with van der Waals surface area (Å²) >= 11 is 0. The third-order valence-electron chi connectivity index (χ3n) is 7.72. The monoisotopic (exact) mass is 686 g/mol. The van der Waals surface area contributed by atoms with Gasteiger partial charge in [-0.15, -0.1) is 0 Å². The van der Waals surface area contributed by atoms with Crippen LogP contribution < -0.4 is 16.2 Å². The number of anilines is 1. The van der Waals surface area contributed by atoms with Gasteiger partial charge in [-0.1, -0.05) is 77.1 Å². The zero-order valence-corrected chi connectivity index (χ0v) is 29.5. The number of hydrogen-bond acceptors (Lipinski definition) is 6. The fourth-order valence-corrected chi connectivity index (χ4v) is 6.95. The number of methoxy groups -OCH3 is 1. The van der Waals surface area contributed by atoms with Crippen LogP contribution in [0.1, 0.15) is 50.5 Å². The zero-order valence-electron chi connectivity index (χ0n) is 28.5. The molecule has 259 valence electrons. The fourth-order valence-electron chi connectivity index (χ4n) is 5.87. The minimum atomic E-state index is -4.74. The molecule has 2 unspecified atom stereocenters. The van der Waals surface area contributed by atoms with Crippen LogP contribution in [0.4, 0.5) is 18.9 Å². The molecule has 0 saturated heterocycles. The Bertz CT molecular complexity index is 1650. The van der Waals surface area contributed by atoms with Crippen LogP contribution in [0.2, 0.25) is 13.1 Å². The number of hydrogen-bond donors (Lipinski definition) is 2. The Kier molecular flexibility index (Phi) is 12.2. The molecule has 2 aromatic carbocycles. The van der Waals surface area contributed by atoms with Gasteiger partial charge in [-0.05, 0) is 53.9 Å². The highest BCUT2D eigenvalue weighted by atomic mass is 28.3. The van der Waals surface area contributed by atoms with E-state index in [-0.39, 0.29) is 17.7 Å². The molecular formula is C35H43F3N3O6Si. The Labute approximate surface area is 280 Å². The van der Waals surface area contributed by atoms with Gasteiger partial charge in [-0.25, -0.2) is 4.79 Å². The Morgan fingerprint density at radius 3 is 2.10 bits per heavy atom. The van der Waals surface area contributed by atoms with Crippen LogP contribution in [0.15, 0.2) is 71.5 Å². The lowest BCUT2D eigenvalue weighted by Crippen LogP contribution is -2.67. The van der Waals surface area contributed by atoms with Gasteiger partial charge in [-0.2, -0.15) is 13.2 Å². The van der Waals surface area contributed by atoms with Crippen LogP contribution in [0.3, 0.4) is 0 Å². The fraction of sp³-hybridized carbons (Fsp3) is 0.429. The van der Waals surface area contributed by atoms with Gasteiger partial charge in [0.05, 0.1) is 24.8 Å². The summed E-state index contributed by atoms with van der Waals surface area (Å²) in [5, 5.41) is 5.18. The van der Waals surface area contributed by atoms with Crippen molar-refractivity contribution < 1.29 is 36.7 Å². The lowest BCUT2D eigenvalue weighted by molar-refractivity contribution is -0.265. The third-order valence-corrected chi connectivity index (χ3v) is 8.47. The van der Waals surface area contributed by atoms with Crippen LogP contribution in [-0.2, 0) is 31.7 Å². The first-order valence-electron chi connectivity index (χ1n) is 15.4. The molecule has 48 heavy (non-hydrogen) atoms. The Morgan fingerprint density at radius 1 is 0.917 bits per heavy atom. The van der Waals surface area contributed by atoms with Gasteiger partial charge in [0.2, 0.25) is 20.9 Å². The highest BCUT2D eigenvalue weighted by Crippen LogP contribution is 2.49. The average molecular weight is 687 g/mol. The van der Waals surface area contributed by atoms with Crippen molar-refractivity contribution in [2.24, 2.45) is 17.3 Å². The van der Waals surface area contributed by atoms with Crippen molar-refractivity contribution in [2.75, 3.05) is 12.4 Å². The quantitative estimate of drug-likeness (QED) is 0.129. The average Bonchev–Trinajstić information content (AvgIpc) is 2.97. The van der Waals surface area contributed by atoms with E-state index in [9.17, 15) is 32.3 Å². The number of amides is 2. The van der Waals surface area contributed by atoms with Gasteiger partial charge in [0.15, 0.2) is 0 Å². The Morgan fingerprint density at radius 2 is 1.56 bits per heavy atom. The smallest absolute Gasteiger partial charge is 0.396 e. The molecular weight excluding hydrogens is 643 g/mol. The maximum atomic E-state index is 14.8. The molecule has 1 radical (unpaired) electrons. The number of aromatic nitrogens is 1. The van der Waals surface area contributed by atoms with Crippen molar-refractivity contribution in [3.05, 3.63) is 88.2 Å². The summed E-state index contributed by atoms with van der Waals surface area (Å²) in [7, 11) is -0.543. The summed E-state index contributed by atoms with van der Waals surface area (Å²) in [6, 6.07) is 17.9. The number of halogens is 3. The van der Waals surface area contributed by atoms with E-state index in [4.69, 9.17) is 9.16 Å². The molecule has 0 fully saturated rings. The minimum Gasteiger partial charge on any atom is -0.465 e. The predicted molar refractivity (Wildman–Crippen MR) is 180 cm³/mol. The second-order valence-electron chi connectivity index (χ2n) is 13.2. The Hall–Kier alpha value is -4.23. The third kappa shape index (κ3) is 9.22. The van der Waals surface area contributed by atoms with Crippen molar-refractivity contribution in [3.8, 4) is 11.3 Å². The molecule has 9 nitrogen and oxygen atoms in total. The summed E-state index contributed by atoms with van der Waals surface area (Å²) in [6.07, 6.45) is -4.91. The van der Waals surface area contributed by atoms with E-state index in [1.165, 1.54) is 40.0 Å². The van der Waals surface area contributed by atoms with Crippen molar-refractivity contribution in [2.45, 2.75) is 72.6 Å². The number of nitrogens with zero attached hydrogens (tertiary/aromatic N) is 1. The molecule has 1 heterocycles. The summed E-state index contributed by atoms with van der Waals surface area (Å²) in [4.78, 5) is 52.7. The van der Waals surface area contributed by atoms with Crippen molar-refractivity contribution in [3.63, 3.8) is 0 Å². The standard InChI is InChI=1S/C35H43F3N3O6Si/c1-22(2)34(47-48(7)8,32(33(3,4)5)35(36,37)38)40-29(43)21-41-27(24-14-10-9-11-15-24)18-17-26(30(41)44)39-28(42)20-23-13-12-16-25(19-23)31(45)46-6/h9-19,22,32H,20-21H2,1-8H3,(H,39,42)(H,40,43). The number of pyridine rings is 1. The van der Waals surface area contributed by atoms with E-state index in [1.54, 1.807) is 81.5 Å². The van der Waals surface area contributed by atoms with Crippen molar-refractivity contribution in [1.82, 2.24) is 9.88 Å². The first-order valence-corrected chi connectivity index (χ1v) is 17.8. The lowest BCUT2D eigenvalue weighted by Gasteiger charge is -2.50. The van der Waals surface area contributed by atoms with Gasteiger partial charge in [0, 0.05) is 5.92 Å². The van der Waals surface area contributed by atoms with Gasteiger partial charge < -0.3 is 19.8 Å². The van der Waals surface area contributed by atoms with Crippen LogP contribution in [0.5, 0.6) is 0 Å². The highest BCUT2D eigenvalue weighted by Gasteiger charge is 2.61. The molecule has 2 amide bonds. The molecule has 0 saturated carbocycles. The molecule has 3 aromatic rings. The number of benzene rings is 2. The largest absolute Gasteiger partial charge is 0.465 e. The maximum Gasteiger partial charge on any atom is 0.396 e. The van der Waals surface area contributed by atoms with Gasteiger partial charge in [-0.3, -0.25) is 19.0 Å². The van der Waals surface area contributed by atoms with Crippen LogP contribution in [0.25, 0.3) is 11.3 Å². The molecule has 1 aromatic heterocycles. The number of ether oxygens (including phenoxy) is 1. The SMILES string of the molecule is COC(=O)c1cccc(CC(=O)Nc2ccc(-c3ccccc3)n(CC(=O)NC(O[Si](C)C)(C(C)C)C(C(C)(C)C)C(F)(F)F)c2=O)c1. The molecule has 3 rings (SSSR count). The number of rotatable bonds is 12. The molecule has 2 N–H and O–H groups in total. The van der Waals surface area contributed by atoms with E-state index in [2.05, 4.69) is 10.6 Å². The molecule has 2 atom stereocenters. The van der Waals surface area contributed by atoms with Gasteiger partial charge >= 0.3 is 12.1 Å². The first kappa shape index (κ1) is 38.2. The van der Waals surface area contributed by atoms with Crippen molar-refractivity contribution in [1.29, 1.82) is 0 Å². The number of carbonyl (C=O) groups is 3. The first-order chi connectivity index (χ1) is 22.3. The predicted octanol–water partition coefficient (Wildman–Crippen LogP) is 6.44. The van der Waals surface area contributed by atoms with E-state index in [0.717, 1.165) is 4.57 Å². The number of alkyl halides is 3. The second kappa shape index (κ2) is 15.3. The zero-order chi connectivity index (χ0) is 36.0. The summed E-state index contributed by atoms with van der Waals surface area (Å²) in [6.45, 7) is 10.2. The van der Waals surface area contributed by atoms with Gasteiger partial charge in [0.1, 0.15) is 23.9 Å². The molecule has 0 aliphatic heterocycles. The van der Waals surface area contributed by atoms with E-state index in [0.29, 0.717) is 16.8 Å². The Balaban J connectivity index is 2.05. The van der Waals surface area contributed by atoms with Crippen LogP contribution in [0, 0.1) is 17.3 Å². The van der Waals surface area contributed by atoms with Crippen LogP contribution in [-0.4, -0.2) is 50.4 Å². The minimum absolute atomic E-state index is 0.140. The summed E-state index contributed by atoms with van der Waals surface area (Å²) in [5.74, 6) is -4.90. The van der Waals surface area contributed by atoms with E-state index < -0.39 is 68.1 Å². The van der Waals surface area contributed by atoms with E-state index >= 15 is 0 Å². The topological polar surface area (TPSA) is 116 Å². The lowest BCUT2D eigenvalue weighted by atomic mass is 9.70. The second-order valence-corrected chi connectivity index (χ2v) is 15.2. The molecule has 0 bridgehead atoms. The summed E-state index contributed by atoms with van der Waals surface area (Å²) < 4.78 is 56.4. The van der Waals surface area contributed by atoms with Gasteiger partial charge in [0.25, 0.3) is 5.56 Å². The number of carbonyl (C=O) groups excluding carboxylic acids is 3. The molecule has 13 heteroatoms. The molecule has 0 aliphatic rings. The number of nitrogens with one attached hydrogen (secondary N) is 2. The highest BCUT2D eigenvalue weighted by molar-refractivity contribution is 6.48.